The smallest absolute Gasteiger partial charge is 0.0970 e. The maximum absolute atomic E-state index is 2.35. The summed E-state index contributed by atoms with van der Waals surface area (Å²) in [6, 6.07) is 0. The van der Waals surface area contributed by atoms with Crippen LogP contribution in [0.5, 0.6) is 0 Å². The lowest BCUT2D eigenvalue weighted by Crippen LogP contribution is -2.47. The van der Waals surface area contributed by atoms with Gasteiger partial charge < -0.3 is 0 Å². The van der Waals surface area contributed by atoms with Crippen molar-refractivity contribution in [3.63, 3.8) is 0 Å². The normalized spacial score (nSPS) is 10.8. The van der Waals surface area contributed by atoms with Crippen LogP contribution in [0, 0.1) is 48.5 Å². The summed E-state index contributed by atoms with van der Waals surface area (Å²) in [6.07, 6.45) is 0. The van der Waals surface area contributed by atoms with E-state index in [0.717, 1.165) is 7.17 Å². The van der Waals surface area contributed by atoms with E-state index in [2.05, 4.69) is 79.5 Å². The van der Waals surface area contributed by atoms with Gasteiger partial charge in [-0.1, -0.05) is 27.5 Å². The zero-order chi connectivity index (χ0) is 19.2. The molecule has 2 aromatic carbocycles. The molecule has 0 spiro atoms. The molecule has 0 unspecified atom stereocenters. The molecule has 0 aromatic heterocycles. The van der Waals surface area contributed by atoms with Crippen LogP contribution in [0.3, 0.4) is 0 Å². The van der Waals surface area contributed by atoms with E-state index in [4.69, 9.17) is 0 Å². The van der Waals surface area contributed by atoms with Crippen molar-refractivity contribution in [3.8, 4) is 11.1 Å². The fourth-order valence-electron chi connectivity index (χ4n) is 4.70. The van der Waals surface area contributed by atoms with Crippen molar-refractivity contribution < 1.29 is 0 Å². The molecule has 0 bridgehead atoms. The third kappa shape index (κ3) is 3.07. The highest BCUT2D eigenvalue weighted by molar-refractivity contribution is 7.35. The summed E-state index contributed by atoms with van der Waals surface area (Å²) in [5.74, 6) is 0. The van der Waals surface area contributed by atoms with Gasteiger partial charge in [0.25, 0.3) is 0 Å². The highest BCUT2D eigenvalue weighted by Crippen LogP contribution is 2.34. The van der Waals surface area contributed by atoms with Gasteiger partial charge in [-0.15, -0.1) is 0 Å². The van der Waals surface area contributed by atoms with Crippen LogP contribution in [0.25, 0.3) is 11.1 Å². The number of hydrogen-bond acceptors (Lipinski definition) is 0. The summed E-state index contributed by atoms with van der Waals surface area (Å²) >= 11 is 0. The fraction of sp³-hybridized carbons (Fsp3) is 0.368. The molecule has 0 amide bonds. The van der Waals surface area contributed by atoms with Crippen molar-refractivity contribution in [3.05, 3.63) is 38.9 Å². The van der Waals surface area contributed by atoms with E-state index in [0.29, 0.717) is 6.49 Å². The van der Waals surface area contributed by atoms with Crippen LogP contribution in [-0.2, 0) is 0 Å². The molecular weight excluding hydrogens is 293 g/mol. The molecule has 0 saturated heterocycles. The first-order valence-corrected chi connectivity index (χ1v) is 9.75. The van der Waals surface area contributed by atoms with Crippen LogP contribution >= 0.6 is 0 Å². The van der Waals surface area contributed by atoms with Crippen LogP contribution in [0.2, 0.25) is 0 Å². The summed E-state index contributed by atoms with van der Waals surface area (Å²) in [4.78, 5) is 0. The standard InChI is InChI=1S/C19H30B6/c1-8-9(2)11(4)15(12(5)10(8)3)16-13(6)17(20)18(24-21)14(7)19(16)25(22)23/h24H,20-23H2,1-7H3. The van der Waals surface area contributed by atoms with Crippen LogP contribution < -0.4 is 16.4 Å². The molecule has 0 saturated carbocycles. The lowest BCUT2D eigenvalue weighted by molar-refractivity contribution is 1.18. The van der Waals surface area contributed by atoms with Crippen molar-refractivity contribution in [2.45, 2.75) is 48.5 Å². The molecule has 2 aromatic rings. The third-order valence-corrected chi connectivity index (χ3v) is 6.70. The molecule has 6 heteroatoms. The van der Waals surface area contributed by atoms with Gasteiger partial charge in [-0.3, -0.25) is 0 Å². The Morgan fingerprint density at radius 3 is 1.48 bits per heavy atom. The lowest BCUT2D eigenvalue weighted by Gasteiger charge is -2.28. The molecule has 2 rings (SSSR count). The van der Waals surface area contributed by atoms with Crippen LogP contribution in [0.15, 0.2) is 0 Å². The average Bonchev–Trinajstić information content (AvgIpc) is 2.55. The molecular formula is C19H30B6. The van der Waals surface area contributed by atoms with Gasteiger partial charge in [-0.2, -0.15) is 0 Å². The Morgan fingerprint density at radius 2 is 1.08 bits per heavy atom. The molecule has 25 heavy (non-hydrogen) atoms. The highest BCUT2D eigenvalue weighted by atomic mass is 14.2. The Kier molecular flexibility index (Phi) is 5.81. The van der Waals surface area contributed by atoms with E-state index in [-0.39, 0.29) is 0 Å². The van der Waals surface area contributed by atoms with Crippen molar-refractivity contribution >= 4 is 61.1 Å². The van der Waals surface area contributed by atoms with Gasteiger partial charge in [0.05, 0.1) is 23.2 Å². The van der Waals surface area contributed by atoms with E-state index in [1.165, 1.54) is 55.5 Å². The quantitative estimate of drug-likeness (QED) is 0.594. The van der Waals surface area contributed by atoms with Crippen molar-refractivity contribution in [2.24, 2.45) is 0 Å². The van der Waals surface area contributed by atoms with E-state index < -0.39 is 0 Å². The summed E-state index contributed by atoms with van der Waals surface area (Å²) in [7, 11) is 10.4. The molecule has 0 aliphatic heterocycles. The third-order valence-electron chi connectivity index (χ3n) is 6.70. The minimum absolute atomic E-state index is 0.528. The Labute approximate surface area is 159 Å². The van der Waals surface area contributed by atoms with Gasteiger partial charge in [-0.25, -0.2) is 0 Å². The molecule has 0 aliphatic rings. The second-order valence-electron chi connectivity index (χ2n) is 8.15. The Hall–Kier alpha value is -1.17. The van der Waals surface area contributed by atoms with Gasteiger partial charge in [-0.05, 0) is 87.4 Å². The molecule has 124 valence electrons. The number of hydrogen-bond donors (Lipinski definition) is 0. The van der Waals surface area contributed by atoms with Crippen molar-refractivity contribution in [2.75, 3.05) is 0 Å². The van der Waals surface area contributed by atoms with E-state index in [1.807, 2.05) is 0 Å². The average molecular weight is 323 g/mol. The molecule has 0 N–H and O–H groups in total. The van der Waals surface area contributed by atoms with Crippen LogP contribution in [0.1, 0.15) is 38.9 Å². The van der Waals surface area contributed by atoms with Crippen molar-refractivity contribution in [1.82, 2.24) is 0 Å². The van der Waals surface area contributed by atoms with E-state index >= 15 is 0 Å². The molecule has 0 aliphatic carbocycles. The summed E-state index contributed by atoms with van der Waals surface area (Å²) in [5, 5.41) is 0. The summed E-state index contributed by atoms with van der Waals surface area (Å²) in [6.45, 7) is 16.6. The predicted molar refractivity (Wildman–Crippen MR) is 131 cm³/mol. The zero-order valence-corrected chi connectivity index (χ0v) is 18.3. The SMILES string of the molecule is BBc1c(B)c(C)c(-c2c(C)c(C)c(C)c(C)c2C)c(B(B)B)c1C. The second kappa shape index (κ2) is 7.22. The first-order chi connectivity index (χ1) is 11.6. The van der Waals surface area contributed by atoms with Gasteiger partial charge >= 0.3 is 0 Å². The lowest BCUT2D eigenvalue weighted by atomic mass is 9.15. The Morgan fingerprint density at radius 1 is 0.640 bits per heavy atom. The molecule has 0 radical (unpaired) electrons. The first-order valence-electron chi connectivity index (χ1n) is 9.75. The minimum Gasteiger partial charge on any atom is -0.0970 e. The van der Waals surface area contributed by atoms with Gasteiger partial charge in [0.2, 0.25) is 0 Å². The number of rotatable bonds is 3. The highest BCUT2D eigenvalue weighted by Gasteiger charge is 2.24. The van der Waals surface area contributed by atoms with Crippen LogP contribution in [-0.4, -0.2) is 44.7 Å². The Bertz CT molecular complexity index is 823. The summed E-state index contributed by atoms with van der Waals surface area (Å²) < 4.78 is 0. The maximum Gasteiger partial charge on any atom is 0.138 e. The zero-order valence-electron chi connectivity index (χ0n) is 18.3. The van der Waals surface area contributed by atoms with Gasteiger partial charge in [0, 0.05) is 0 Å². The molecule has 0 fully saturated rings. The topological polar surface area (TPSA) is 0 Å². The predicted octanol–water partition coefficient (Wildman–Crippen LogP) is -1.66. The molecule has 0 atom stereocenters. The van der Waals surface area contributed by atoms with E-state index in [1.54, 1.807) is 10.9 Å². The fourth-order valence-corrected chi connectivity index (χ4v) is 4.70. The van der Waals surface area contributed by atoms with Crippen molar-refractivity contribution in [1.29, 1.82) is 0 Å². The monoisotopic (exact) mass is 324 g/mol. The maximum atomic E-state index is 2.35. The van der Waals surface area contributed by atoms with E-state index in [9.17, 15) is 0 Å². The largest absolute Gasteiger partial charge is 0.138 e. The van der Waals surface area contributed by atoms with Gasteiger partial charge in [0.15, 0.2) is 0 Å². The van der Waals surface area contributed by atoms with Crippen LogP contribution in [0.4, 0.5) is 0 Å². The second-order valence-corrected chi connectivity index (χ2v) is 8.15. The molecule has 0 heterocycles. The minimum atomic E-state index is 0.528. The first kappa shape index (κ1) is 20.1. The van der Waals surface area contributed by atoms with Gasteiger partial charge in [0.1, 0.15) is 21.5 Å². The Balaban J connectivity index is 3.09. The molecule has 0 nitrogen and oxygen atoms in total. The number of benzene rings is 2. The summed E-state index contributed by atoms with van der Waals surface area (Å²) in [5.41, 5.74) is 17.8.